The molecule has 0 unspecified atom stereocenters. The monoisotopic (exact) mass is 99.1 g/mol. The molecule has 0 aliphatic heterocycles. The second-order valence-corrected chi connectivity index (χ2v) is 0.781. The van der Waals surface area contributed by atoms with Gasteiger partial charge in [-0.25, -0.2) is 0 Å². The molecule has 0 saturated carbocycles. The molecule has 0 aliphatic rings. The first-order chi connectivity index (χ1) is 2.41. The van der Waals surface area contributed by atoms with Gasteiger partial charge in [0.2, 0.25) is 0 Å². The van der Waals surface area contributed by atoms with E-state index in [4.69, 9.17) is 4.74 Å². The Morgan fingerprint density at radius 1 is 1.29 bits per heavy atom. The van der Waals surface area contributed by atoms with Gasteiger partial charge >= 0.3 is 10.1 Å². The molecule has 0 saturated heterocycles. The summed E-state index contributed by atoms with van der Waals surface area (Å²) in [6, 6.07) is 0. The van der Waals surface area contributed by atoms with E-state index in [0.717, 1.165) is 13.2 Å². The minimum absolute atomic E-state index is 0. The van der Waals surface area contributed by atoms with Gasteiger partial charge in [0, 0.05) is 13.2 Å². The smallest absolute Gasteiger partial charge is 1.00 e. The van der Waals surface area contributed by atoms with Gasteiger partial charge in [-0.05, 0) is 13.8 Å². The third-order valence-electron chi connectivity index (χ3n) is 0.408. The average molecular weight is 99.2 g/mol. The predicted octanol–water partition coefficient (Wildman–Crippen LogP) is 1.22. The Morgan fingerprint density at radius 3 is 1.57 bits per heavy atom. The molecule has 0 N–H and O–H groups in total. The first-order valence-corrected chi connectivity index (χ1v) is 1.99. The fourth-order valence-electron chi connectivity index (χ4n) is 0.204. The molecule has 2 heteroatoms. The van der Waals surface area contributed by atoms with E-state index in [9.17, 15) is 0 Å². The SMILES string of the molecule is CCOCC.[Be+2].[CH3-].[H-]. The Morgan fingerprint density at radius 2 is 1.57 bits per heavy atom. The maximum absolute atomic E-state index is 4.83. The van der Waals surface area contributed by atoms with Crippen molar-refractivity contribution in [3.63, 3.8) is 0 Å². The van der Waals surface area contributed by atoms with Crippen LogP contribution in [0.25, 0.3) is 0 Å². The van der Waals surface area contributed by atoms with Crippen molar-refractivity contribution in [2.75, 3.05) is 13.2 Å². The average Bonchev–Trinajstić information content (AvgIpc) is 1.41. The molecule has 0 rings (SSSR count). The van der Waals surface area contributed by atoms with Crippen LogP contribution in [-0.4, -0.2) is 23.3 Å². The number of ether oxygens (including phenoxy) is 1. The minimum Gasteiger partial charge on any atom is -1.00 e. The van der Waals surface area contributed by atoms with Crippen LogP contribution in [-0.2, 0) is 4.74 Å². The van der Waals surface area contributed by atoms with Crippen LogP contribution < -0.4 is 0 Å². The molecule has 0 spiro atoms. The van der Waals surface area contributed by atoms with Gasteiger partial charge in [0.1, 0.15) is 0 Å². The van der Waals surface area contributed by atoms with Crippen LogP contribution in [0.15, 0.2) is 0 Å². The largest absolute Gasteiger partial charge is 2.00 e. The quantitative estimate of drug-likeness (QED) is 0.373. The second-order valence-electron chi connectivity index (χ2n) is 0.781. The Labute approximate surface area is 51.8 Å². The Kier molecular flexibility index (Phi) is 37.0. The third kappa shape index (κ3) is 23.1. The van der Waals surface area contributed by atoms with Crippen molar-refractivity contribution in [3.05, 3.63) is 7.43 Å². The normalized spacial score (nSPS) is 6.00. The van der Waals surface area contributed by atoms with E-state index in [2.05, 4.69) is 0 Å². The van der Waals surface area contributed by atoms with Crippen molar-refractivity contribution < 1.29 is 6.16 Å². The van der Waals surface area contributed by atoms with Crippen LogP contribution in [0.5, 0.6) is 0 Å². The van der Waals surface area contributed by atoms with E-state index in [0.29, 0.717) is 0 Å². The van der Waals surface area contributed by atoms with Gasteiger partial charge in [0.25, 0.3) is 0 Å². The summed E-state index contributed by atoms with van der Waals surface area (Å²) in [6.07, 6.45) is 0. The fourth-order valence-corrected chi connectivity index (χ4v) is 0.204. The molecule has 0 aromatic rings. The summed E-state index contributed by atoms with van der Waals surface area (Å²) in [7, 11) is 0. The van der Waals surface area contributed by atoms with Crippen molar-refractivity contribution in [2.45, 2.75) is 13.8 Å². The van der Waals surface area contributed by atoms with Gasteiger partial charge in [0.15, 0.2) is 0 Å². The van der Waals surface area contributed by atoms with Gasteiger partial charge in [-0.15, -0.1) is 0 Å². The van der Waals surface area contributed by atoms with Gasteiger partial charge in [0.05, 0.1) is 0 Å². The van der Waals surface area contributed by atoms with Gasteiger partial charge in [-0.1, -0.05) is 0 Å². The Balaban J connectivity index is -0.0000000267. The fraction of sp³-hybridized carbons (Fsp3) is 0.800. The van der Waals surface area contributed by atoms with Gasteiger partial charge < -0.3 is 13.6 Å². The van der Waals surface area contributed by atoms with Crippen LogP contribution in [0.2, 0.25) is 0 Å². The zero-order valence-corrected chi connectivity index (χ0v) is 5.53. The van der Waals surface area contributed by atoms with Gasteiger partial charge in [-0.2, -0.15) is 0 Å². The van der Waals surface area contributed by atoms with Gasteiger partial charge in [-0.3, -0.25) is 0 Å². The molecule has 0 aliphatic carbocycles. The minimum atomic E-state index is 0. The van der Waals surface area contributed by atoms with E-state index in [1.807, 2.05) is 13.8 Å². The zero-order valence-electron chi connectivity index (χ0n) is 6.53. The van der Waals surface area contributed by atoms with Crippen LogP contribution in [0.1, 0.15) is 15.3 Å². The van der Waals surface area contributed by atoms with E-state index >= 15 is 0 Å². The van der Waals surface area contributed by atoms with Crippen LogP contribution in [0.4, 0.5) is 0 Å². The van der Waals surface area contributed by atoms with Crippen LogP contribution in [0, 0.1) is 7.43 Å². The van der Waals surface area contributed by atoms with Crippen molar-refractivity contribution in [1.29, 1.82) is 0 Å². The molecule has 0 amide bonds. The molecule has 1 nitrogen and oxygen atoms in total. The summed E-state index contributed by atoms with van der Waals surface area (Å²) in [4.78, 5) is 0. The summed E-state index contributed by atoms with van der Waals surface area (Å²) in [6.45, 7) is 5.67. The predicted molar refractivity (Wildman–Crippen MR) is 35.4 cm³/mol. The molecular formula is C5H14BeO. The molecule has 0 aromatic carbocycles. The van der Waals surface area contributed by atoms with Crippen LogP contribution in [0.3, 0.4) is 0 Å². The molecule has 0 atom stereocenters. The summed E-state index contributed by atoms with van der Waals surface area (Å²) < 4.78 is 4.83. The molecular weight excluding hydrogens is 85.1 g/mol. The summed E-state index contributed by atoms with van der Waals surface area (Å²) >= 11 is 0. The molecule has 0 bridgehead atoms. The second kappa shape index (κ2) is 16.5. The van der Waals surface area contributed by atoms with Crippen LogP contribution >= 0.6 is 0 Å². The van der Waals surface area contributed by atoms with E-state index in [1.54, 1.807) is 0 Å². The number of hydrogen-bond acceptors (Lipinski definition) is 1. The van der Waals surface area contributed by atoms with Crippen molar-refractivity contribution in [3.8, 4) is 0 Å². The maximum Gasteiger partial charge on any atom is 2.00 e. The third-order valence-corrected chi connectivity index (χ3v) is 0.408. The summed E-state index contributed by atoms with van der Waals surface area (Å²) in [5, 5.41) is 0. The standard InChI is InChI=1S/C4H10O.CH3.Be.H/c1-3-5-4-2;;;/h3-4H2,1-2H3;1H3;;/q;-1;+2;-1. The van der Waals surface area contributed by atoms with E-state index in [1.165, 1.54) is 0 Å². The van der Waals surface area contributed by atoms with E-state index in [-0.39, 0.29) is 19.0 Å². The van der Waals surface area contributed by atoms with E-state index < -0.39 is 0 Å². The summed E-state index contributed by atoms with van der Waals surface area (Å²) in [5.74, 6) is 0. The zero-order chi connectivity index (χ0) is 4.12. The van der Waals surface area contributed by atoms with Crippen molar-refractivity contribution in [2.24, 2.45) is 0 Å². The summed E-state index contributed by atoms with van der Waals surface area (Å²) in [5.41, 5.74) is 0. The van der Waals surface area contributed by atoms with Crippen molar-refractivity contribution in [1.82, 2.24) is 0 Å². The molecule has 0 aromatic heterocycles. The molecule has 42 valence electrons. The topological polar surface area (TPSA) is 9.23 Å². The van der Waals surface area contributed by atoms with Crippen molar-refractivity contribution >= 4 is 10.1 Å². The molecule has 0 heterocycles. The molecule has 7 heavy (non-hydrogen) atoms. The molecule has 0 fully saturated rings. The Hall–Kier alpha value is 0.129. The Bertz CT molecular complexity index is 19.9. The number of hydrogen-bond donors (Lipinski definition) is 0. The molecule has 0 radical (unpaired) electrons. The first kappa shape index (κ1) is 15.7. The first-order valence-electron chi connectivity index (χ1n) is 1.99. The number of rotatable bonds is 2. The maximum atomic E-state index is 4.83.